The number of anilines is 1. The first-order valence-electron chi connectivity index (χ1n) is 7.15. The summed E-state index contributed by atoms with van der Waals surface area (Å²) in [5.41, 5.74) is 0.884. The Kier molecular flexibility index (Phi) is 6.17. The molecule has 2 rings (SSSR count). The van der Waals surface area contributed by atoms with E-state index in [-0.39, 0.29) is 0 Å². The zero-order valence-corrected chi connectivity index (χ0v) is 15.5. The maximum atomic E-state index is 12.2. The number of rotatable bonds is 7. The molecule has 0 fully saturated rings. The Morgan fingerprint density at radius 2 is 1.52 bits per heavy atom. The minimum atomic E-state index is -3.73. The highest BCUT2D eigenvalue weighted by atomic mass is 35.5. The van der Waals surface area contributed by atoms with Gasteiger partial charge in [0.25, 0.3) is 10.0 Å². The van der Waals surface area contributed by atoms with Crippen molar-refractivity contribution in [1.29, 1.82) is 0 Å². The summed E-state index contributed by atoms with van der Waals surface area (Å²) >= 11 is 5.79. The van der Waals surface area contributed by atoms with Crippen molar-refractivity contribution in [3.05, 3.63) is 52.4 Å². The van der Waals surface area contributed by atoms with Gasteiger partial charge in [0.15, 0.2) is 0 Å². The summed E-state index contributed by atoms with van der Waals surface area (Å²) in [7, 11) is 0.747. The Hall–Kier alpha value is -2.38. The molecule has 8 heteroatoms. The third-order valence-electron chi connectivity index (χ3n) is 3.27. The van der Waals surface area contributed by atoms with E-state index in [0.29, 0.717) is 33.5 Å². The molecule has 2 aromatic rings. The lowest BCUT2D eigenvalue weighted by Gasteiger charge is -2.12. The molecule has 0 aromatic heterocycles. The first kappa shape index (κ1) is 19.0. The number of methoxy groups -OCH3 is 3. The maximum Gasteiger partial charge on any atom is 0.255 e. The Balaban J connectivity index is 2.32. The number of hydrogen-bond donors (Lipinski definition) is 1. The van der Waals surface area contributed by atoms with E-state index < -0.39 is 10.0 Å². The van der Waals surface area contributed by atoms with Crippen LogP contribution in [0.2, 0.25) is 5.02 Å². The smallest absolute Gasteiger partial charge is 0.255 e. The lowest BCUT2D eigenvalue weighted by Crippen LogP contribution is -2.08. The van der Waals surface area contributed by atoms with Crippen LogP contribution in [0, 0.1) is 0 Å². The van der Waals surface area contributed by atoms with Crippen LogP contribution in [0.4, 0.5) is 5.69 Å². The van der Waals surface area contributed by atoms with E-state index in [1.807, 2.05) is 0 Å². The average Bonchev–Trinajstić information content (AvgIpc) is 2.61. The summed E-state index contributed by atoms with van der Waals surface area (Å²) in [6.07, 6.45) is 1.40. The van der Waals surface area contributed by atoms with Crippen molar-refractivity contribution >= 4 is 33.4 Å². The highest BCUT2D eigenvalue weighted by Gasteiger charge is 2.13. The summed E-state index contributed by atoms with van der Waals surface area (Å²) in [6, 6.07) is 9.62. The van der Waals surface area contributed by atoms with Crippen LogP contribution in [-0.4, -0.2) is 29.7 Å². The topological polar surface area (TPSA) is 73.9 Å². The number of sulfonamides is 1. The first-order valence-corrected chi connectivity index (χ1v) is 9.07. The monoisotopic (exact) mass is 383 g/mol. The third-order valence-corrected chi connectivity index (χ3v) is 4.54. The molecule has 0 bridgehead atoms. The molecule has 6 nitrogen and oxygen atoms in total. The second-order valence-corrected chi connectivity index (χ2v) is 6.91. The number of ether oxygens (including phenoxy) is 3. The highest BCUT2D eigenvalue weighted by Crippen LogP contribution is 2.35. The van der Waals surface area contributed by atoms with Crippen molar-refractivity contribution in [1.82, 2.24) is 0 Å². The standard InChI is InChI=1S/C17H18ClNO5S/c1-22-14-10-16(23-2)15(17(11-14)24-3)8-9-25(20,21)19-13-6-4-12(18)5-7-13/h4-11,19H,1-3H3/b9-8+. The van der Waals surface area contributed by atoms with Crippen LogP contribution in [0.1, 0.15) is 5.56 Å². The molecule has 0 saturated heterocycles. The van der Waals surface area contributed by atoms with Crippen LogP contribution in [-0.2, 0) is 10.0 Å². The van der Waals surface area contributed by atoms with E-state index in [4.69, 9.17) is 25.8 Å². The molecular formula is C17H18ClNO5S. The molecule has 25 heavy (non-hydrogen) atoms. The Morgan fingerprint density at radius 1 is 0.960 bits per heavy atom. The van der Waals surface area contributed by atoms with Crippen LogP contribution in [0.5, 0.6) is 17.2 Å². The van der Waals surface area contributed by atoms with Gasteiger partial charge in [-0.1, -0.05) is 11.6 Å². The van der Waals surface area contributed by atoms with Crippen molar-refractivity contribution in [3.8, 4) is 17.2 Å². The molecule has 0 amide bonds. The molecule has 0 aliphatic heterocycles. The van der Waals surface area contributed by atoms with Gasteiger partial charge in [-0.2, -0.15) is 0 Å². The molecule has 0 heterocycles. The molecular weight excluding hydrogens is 366 g/mol. The molecule has 0 spiro atoms. The van der Waals surface area contributed by atoms with E-state index in [9.17, 15) is 8.42 Å². The Morgan fingerprint density at radius 3 is 2.00 bits per heavy atom. The number of benzene rings is 2. The van der Waals surface area contributed by atoms with E-state index in [0.717, 1.165) is 5.41 Å². The fourth-order valence-corrected chi connectivity index (χ4v) is 3.04. The van der Waals surface area contributed by atoms with Gasteiger partial charge >= 0.3 is 0 Å². The molecule has 0 aliphatic carbocycles. The summed E-state index contributed by atoms with van der Waals surface area (Å²) in [6.45, 7) is 0. The van der Waals surface area contributed by atoms with Gasteiger partial charge in [-0.15, -0.1) is 0 Å². The van der Waals surface area contributed by atoms with E-state index in [2.05, 4.69) is 4.72 Å². The predicted octanol–water partition coefficient (Wildman–Crippen LogP) is 3.78. The van der Waals surface area contributed by atoms with Crippen molar-refractivity contribution < 1.29 is 22.6 Å². The van der Waals surface area contributed by atoms with Crippen molar-refractivity contribution in [2.75, 3.05) is 26.1 Å². The van der Waals surface area contributed by atoms with E-state index in [1.54, 1.807) is 36.4 Å². The van der Waals surface area contributed by atoms with Gasteiger partial charge in [-0.25, -0.2) is 8.42 Å². The van der Waals surface area contributed by atoms with Gasteiger partial charge in [0.05, 0.1) is 32.3 Å². The highest BCUT2D eigenvalue weighted by molar-refractivity contribution is 7.95. The summed E-state index contributed by atoms with van der Waals surface area (Å²) < 4.78 is 42.7. The second kappa shape index (κ2) is 8.13. The maximum absolute atomic E-state index is 12.2. The number of hydrogen-bond acceptors (Lipinski definition) is 5. The van der Waals surface area contributed by atoms with Crippen LogP contribution in [0.25, 0.3) is 6.08 Å². The van der Waals surface area contributed by atoms with Crippen LogP contribution >= 0.6 is 11.6 Å². The molecule has 0 unspecified atom stereocenters. The third kappa shape index (κ3) is 5.04. The van der Waals surface area contributed by atoms with E-state index in [1.165, 1.54) is 27.4 Å². The van der Waals surface area contributed by atoms with Gasteiger partial charge in [0, 0.05) is 22.8 Å². The summed E-state index contributed by atoms with van der Waals surface area (Å²) in [5.74, 6) is 1.39. The average molecular weight is 384 g/mol. The quantitative estimate of drug-likeness (QED) is 0.787. The normalized spacial score (nSPS) is 11.4. The van der Waals surface area contributed by atoms with Gasteiger partial charge in [-0.3, -0.25) is 4.72 Å². The molecule has 134 valence electrons. The molecule has 2 aromatic carbocycles. The van der Waals surface area contributed by atoms with Gasteiger partial charge in [-0.05, 0) is 30.3 Å². The molecule has 0 radical (unpaired) electrons. The fraction of sp³-hybridized carbons (Fsp3) is 0.176. The largest absolute Gasteiger partial charge is 0.496 e. The Labute approximate surface area is 152 Å². The van der Waals surface area contributed by atoms with E-state index >= 15 is 0 Å². The van der Waals surface area contributed by atoms with Crippen molar-refractivity contribution in [3.63, 3.8) is 0 Å². The van der Waals surface area contributed by atoms with Crippen molar-refractivity contribution in [2.24, 2.45) is 0 Å². The lowest BCUT2D eigenvalue weighted by atomic mass is 10.1. The molecule has 0 saturated carbocycles. The minimum Gasteiger partial charge on any atom is -0.496 e. The lowest BCUT2D eigenvalue weighted by molar-refractivity contribution is 0.374. The molecule has 1 N–H and O–H groups in total. The summed E-state index contributed by atoms with van der Waals surface area (Å²) in [4.78, 5) is 0. The number of halogens is 1. The van der Waals surface area contributed by atoms with Gasteiger partial charge in [0.1, 0.15) is 17.2 Å². The zero-order chi connectivity index (χ0) is 18.4. The first-order chi connectivity index (χ1) is 11.9. The van der Waals surface area contributed by atoms with Crippen LogP contribution in [0.15, 0.2) is 41.8 Å². The van der Waals surface area contributed by atoms with Crippen LogP contribution in [0.3, 0.4) is 0 Å². The molecule has 0 aliphatic rings. The minimum absolute atomic E-state index is 0.405. The molecule has 0 atom stereocenters. The SMILES string of the molecule is COc1cc(OC)c(/C=C/S(=O)(=O)Nc2ccc(Cl)cc2)c(OC)c1. The van der Waals surface area contributed by atoms with Gasteiger partial charge < -0.3 is 14.2 Å². The van der Waals surface area contributed by atoms with Gasteiger partial charge in [0.2, 0.25) is 0 Å². The fourth-order valence-electron chi connectivity index (χ4n) is 2.07. The Bertz CT molecular complexity index is 838. The second-order valence-electron chi connectivity index (χ2n) is 4.90. The summed E-state index contributed by atoms with van der Waals surface area (Å²) in [5, 5.41) is 1.56. The van der Waals surface area contributed by atoms with Crippen LogP contribution < -0.4 is 18.9 Å². The predicted molar refractivity (Wildman–Crippen MR) is 99.1 cm³/mol. The zero-order valence-electron chi connectivity index (χ0n) is 13.9. The van der Waals surface area contributed by atoms with Crippen molar-refractivity contribution in [2.45, 2.75) is 0 Å². The number of nitrogens with one attached hydrogen (secondary N) is 1.